The monoisotopic (exact) mass is 406 g/mol. The van der Waals surface area contributed by atoms with Gasteiger partial charge in [-0.3, -0.25) is 0 Å². The Bertz CT molecular complexity index is 949. The highest BCUT2D eigenvalue weighted by Crippen LogP contribution is 2.21. The van der Waals surface area contributed by atoms with Crippen LogP contribution in [-0.2, 0) is 0 Å². The number of H-pyrrole nitrogens is 1. The molecule has 2 aromatic carbocycles. The Morgan fingerprint density at radius 1 is 1.29 bits per heavy atom. The van der Waals surface area contributed by atoms with Crippen molar-refractivity contribution in [3.8, 4) is 17.1 Å². The quantitative estimate of drug-likeness (QED) is 0.515. The number of aromatic amines is 1. The van der Waals surface area contributed by atoms with Crippen LogP contribution in [0.4, 0.5) is 4.39 Å². The minimum Gasteiger partial charge on any atom is -0.497 e. The second-order valence-corrected chi connectivity index (χ2v) is 6.11. The summed E-state index contributed by atoms with van der Waals surface area (Å²) in [4.78, 5) is 0. The zero-order valence-electron chi connectivity index (χ0n) is 12.5. The van der Waals surface area contributed by atoms with Crippen LogP contribution in [0.25, 0.3) is 11.4 Å². The van der Waals surface area contributed by atoms with E-state index in [9.17, 15) is 4.39 Å². The van der Waals surface area contributed by atoms with Crippen LogP contribution in [0.5, 0.6) is 5.75 Å². The second kappa shape index (κ2) is 7.06. The molecule has 3 aromatic rings. The zero-order valence-corrected chi connectivity index (χ0v) is 14.9. The Labute approximate surface area is 150 Å². The van der Waals surface area contributed by atoms with Crippen LogP contribution < -0.4 is 4.74 Å². The van der Waals surface area contributed by atoms with Gasteiger partial charge in [-0.2, -0.15) is 14.9 Å². The number of hydrogen-bond acceptors (Lipinski definition) is 4. The SMILES string of the molecule is COc1ccc(-c2n[nH]c(=S)n2/N=C\c2cc(Br)ccc2F)cc1. The maximum Gasteiger partial charge on any atom is 0.216 e. The van der Waals surface area contributed by atoms with Crippen LogP contribution in [0, 0.1) is 10.6 Å². The number of halogens is 2. The van der Waals surface area contributed by atoms with Crippen molar-refractivity contribution in [1.82, 2.24) is 14.9 Å². The minimum absolute atomic E-state index is 0.312. The van der Waals surface area contributed by atoms with Crippen molar-refractivity contribution >= 4 is 34.4 Å². The lowest BCUT2D eigenvalue weighted by molar-refractivity contribution is 0.415. The largest absolute Gasteiger partial charge is 0.497 e. The molecular formula is C16H12BrFN4OS. The molecule has 5 nitrogen and oxygen atoms in total. The first-order valence-corrected chi connectivity index (χ1v) is 8.10. The number of ether oxygens (including phenoxy) is 1. The van der Waals surface area contributed by atoms with Crippen LogP contribution in [0.3, 0.4) is 0 Å². The van der Waals surface area contributed by atoms with E-state index in [0.29, 0.717) is 16.2 Å². The summed E-state index contributed by atoms with van der Waals surface area (Å²) in [6.07, 6.45) is 1.40. The summed E-state index contributed by atoms with van der Waals surface area (Å²) in [5.41, 5.74) is 1.14. The predicted molar refractivity (Wildman–Crippen MR) is 96.5 cm³/mol. The summed E-state index contributed by atoms with van der Waals surface area (Å²) in [6, 6.07) is 11.9. The summed E-state index contributed by atoms with van der Waals surface area (Å²) in [6.45, 7) is 0. The second-order valence-electron chi connectivity index (χ2n) is 4.80. The topological polar surface area (TPSA) is 55.2 Å². The van der Waals surface area contributed by atoms with Gasteiger partial charge in [0, 0.05) is 15.6 Å². The molecule has 1 aromatic heterocycles. The molecule has 24 heavy (non-hydrogen) atoms. The molecule has 0 aliphatic heterocycles. The molecule has 0 saturated heterocycles. The molecule has 0 aliphatic carbocycles. The molecule has 1 N–H and O–H groups in total. The lowest BCUT2D eigenvalue weighted by atomic mass is 10.2. The molecule has 8 heteroatoms. The van der Waals surface area contributed by atoms with Gasteiger partial charge in [0.2, 0.25) is 4.77 Å². The number of benzene rings is 2. The van der Waals surface area contributed by atoms with Gasteiger partial charge in [-0.25, -0.2) is 9.49 Å². The van der Waals surface area contributed by atoms with Gasteiger partial charge in [0.15, 0.2) is 5.82 Å². The van der Waals surface area contributed by atoms with Crippen LogP contribution in [0.2, 0.25) is 0 Å². The number of methoxy groups -OCH3 is 1. The lowest BCUT2D eigenvalue weighted by Gasteiger charge is -2.03. The number of nitrogens with zero attached hydrogens (tertiary/aromatic N) is 3. The first kappa shape index (κ1) is 16.5. The normalized spacial score (nSPS) is 11.1. The molecule has 0 amide bonds. The third-order valence-corrected chi connectivity index (χ3v) is 4.03. The maximum absolute atomic E-state index is 13.8. The highest BCUT2D eigenvalue weighted by molar-refractivity contribution is 9.10. The average Bonchev–Trinajstić information content (AvgIpc) is 2.96. The zero-order chi connectivity index (χ0) is 17.1. The van der Waals surface area contributed by atoms with Crippen molar-refractivity contribution in [3.63, 3.8) is 0 Å². The molecule has 0 fully saturated rings. The summed E-state index contributed by atoms with van der Waals surface area (Å²) in [7, 11) is 1.60. The van der Waals surface area contributed by atoms with E-state index in [4.69, 9.17) is 17.0 Å². The van der Waals surface area contributed by atoms with Crippen molar-refractivity contribution in [3.05, 3.63) is 63.1 Å². The van der Waals surface area contributed by atoms with Gasteiger partial charge in [-0.15, -0.1) is 0 Å². The van der Waals surface area contributed by atoms with Gasteiger partial charge in [0.25, 0.3) is 0 Å². The fourth-order valence-electron chi connectivity index (χ4n) is 2.06. The Balaban J connectivity index is 1.99. The summed E-state index contributed by atoms with van der Waals surface area (Å²) < 4.78 is 21.5. The van der Waals surface area contributed by atoms with E-state index in [1.54, 1.807) is 19.2 Å². The highest BCUT2D eigenvalue weighted by atomic mass is 79.9. The fraction of sp³-hybridized carbons (Fsp3) is 0.0625. The van der Waals surface area contributed by atoms with Crippen molar-refractivity contribution in [2.75, 3.05) is 7.11 Å². The molecule has 3 rings (SSSR count). The Morgan fingerprint density at radius 2 is 2.04 bits per heavy atom. The van der Waals surface area contributed by atoms with Crippen LogP contribution in [0.1, 0.15) is 5.56 Å². The van der Waals surface area contributed by atoms with E-state index in [1.165, 1.54) is 17.0 Å². The Hall–Kier alpha value is -2.32. The smallest absolute Gasteiger partial charge is 0.216 e. The molecular weight excluding hydrogens is 395 g/mol. The van der Waals surface area contributed by atoms with E-state index >= 15 is 0 Å². The molecule has 0 unspecified atom stereocenters. The van der Waals surface area contributed by atoms with Crippen molar-refractivity contribution in [2.24, 2.45) is 5.10 Å². The van der Waals surface area contributed by atoms with Gasteiger partial charge in [0.05, 0.1) is 13.3 Å². The first-order chi connectivity index (χ1) is 11.6. The molecule has 0 radical (unpaired) electrons. The number of nitrogens with one attached hydrogen (secondary N) is 1. The average molecular weight is 407 g/mol. The first-order valence-electron chi connectivity index (χ1n) is 6.90. The van der Waals surface area contributed by atoms with Gasteiger partial charge < -0.3 is 4.74 Å². The minimum atomic E-state index is -0.372. The van der Waals surface area contributed by atoms with Crippen LogP contribution in [0.15, 0.2) is 52.0 Å². The molecule has 1 heterocycles. The Kier molecular flexibility index (Phi) is 4.86. The van der Waals surface area contributed by atoms with E-state index in [2.05, 4.69) is 31.2 Å². The van der Waals surface area contributed by atoms with Gasteiger partial charge >= 0.3 is 0 Å². The molecule has 0 saturated carbocycles. The van der Waals surface area contributed by atoms with Crippen LogP contribution in [-0.4, -0.2) is 28.2 Å². The molecule has 0 spiro atoms. The number of aromatic nitrogens is 3. The Morgan fingerprint density at radius 3 is 2.75 bits per heavy atom. The standard InChI is InChI=1S/C16H12BrFN4OS/c1-23-13-5-2-10(3-6-13)15-20-21-16(24)22(15)19-9-11-8-12(17)4-7-14(11)18/h2-9H,1H3,(H,21,24)/b19-9-. The summed E-state index contributed by atoms with van der Waals surface area (Å²) >= 11 is 8.51. The number of rotatable bonds is 4. The van der Waals surface area contributed by atoms with Crippen molar-refractivity contribution in [2.45, 2.75) is 0 Å². The third kappa shape index (κ3) is 3.44. The fourth-order valence-corrected chi connectivity index (χ4v) is 2.62. The molecule has 0 aliphatic rings. The lowest BCUT2D eigenvalue weighted by Crippen LogP contribution is -1.96. The molecule has 0 atom stereocenters. The van der Waals surface area contributed by atoms with Gasteiger partial charge in [-0.05, 0) is 54.7 Å². The number of hydrogen-bond donors (Lipinski definition) is 1. The van der Waals surface area contributed by atoms with Crippen LogP contribution >= 0.6 is 28.1 Å². The third-order valence-electron chi connectivity index (χ3n) is 3.27. The van der Waals surface area contributed by atoms with E-state index in [-0.39, 0.29) is 5.82 Å². The summed E-state index contributed by atoms with van der Waals surface area (Å²) in [5, 5.41) is 11.1. The predicted octanol–water partition coefficient (Wildman–Crippen LogP) is 4.40. The van der Waals surface area contributed by atoms with Gasteiger partial charge in [-0.1, -0.05) is 15.9 Å². The van der Waals surface area contributed by atoms with Crippen molar-refractivity contribution < 1.29 is 9.13 Å². The van der Waals surface area contributed by atoms with E-state index < -0.39 is 0 Å². The van der Waals surface area contributed by atoms with Crippen molar-refractivity contribution in [1.29, 1.82) is 0 Å². The highest BCUT2D eigenvalue weighted by Gasteiger charge is 2.08. The summed E-state index contributed by atoms with van der Waals surface area (Å²) in [5.74, 6) is 0.886. The maximum atomic E-state index is 13.8. The molecule has 122 valence electrons. The van der Waals surface area contributed by atoms with E-state index in [1.807, 2.05) is 24.3 Å². The molecule has 0 bridgehead atoms. The van der Waals surface area contributed by atoms with Gasteiger partial charge in [0.1, 0.15) is 11.6 Å². The van der Waals surface area contributed by atoms with E-state index in [0.717, 1.165) is 15.8 Å².